The fourth-order valence-electron chi connectivity index (χ4n) is 1.42. The predicted molar refractivity (Wildman–Crippen MR) is 70.3 cm³/mol. The largest absolute Gasteiger partial charge is 0.465 e. The van der Waals surface area contributed by atoms with E-state index in [1.54, 1.807) is 0 Å². The fraction of sp³-hybridized carbons (Fsp3) is 0.333. The van der Waals surface area contributed by atoms with Gasteiger partial charge in [0.25, 0.3) is 0 Å². The molecule has 1 aromatic rings. The minimum atomic E-state index is -4.41. The Kier molecular flexibility index (Phi) is 5.98. The van der Waals surface area contributed by atoms with Gasteiger partial charge >= 0.3 is 12.1 Å². The zero-order valence-corrected chi connectivity index (χ0v) is 11.6. The Morgan fingerprint density at radius 1 is 1.33 bits per heavy atom. The number of anilines is 1. The molecule has 0 atom stereocenters. The summed E-state index contributed by atoms with van der Waals surface area (Å²) in [6.07, 6.45) is -4.41. The molecule has 9 heteroatoms. The van der Waals surface area contributed by atoms with Crippen LogP contribution in [0.2, 0.25) is 5.02 Å². The molecule has 1 amide bonds. The molecule has 0 aromatic heterocycles. The number of methoxy groups -OCH3 is 1. The molecule has 0 saturated carbocycles. The number of rotatable bonds is 5. The standard InChI is InChI=1S/C12H12ClF3N2O3/c1-21-11(20)8-3-2-7(13)4-9(8)18-10(19)5-17-6-12(14,15)16/h2-4,17H,5-6H2,1H3,(H,18,19). The quantitative estimate of drug-likeness (QED) is 0.815. The van der Waals surface area contributed by atoms with Gasteiger partial charge in [-0.3, -0.25) is 4.79 Å². The van der Waals surface area contributed by atoms with Crippen molar-refractivity contribution in [1.29, 1.82) is 0 Å². The lowest BCUT2D eigenvalue weighted by atomic mass is 10.2. The van der Waals surface area contributed by atoms with Crippen LogP contribution in [-0.4, -0.2) is 38.3 Å². The van der Waals surface area contributed by atoms with Crippen LogP contribution in [0, 0.1) is 0 Å². The third kappa shape index (κ3) is 6.01. The van der Waals surface area contributed by atoms with Crippen molar-refractivity contribution in [3.63, 3.8) is 0 Å². The van der Waals surface area contributed by atoms with Crippen molar-refractivity contribution in [3.05, 3.63) is 28.8 Å². The molecule has 0 fully saturated rings. The van der Waals surface area contributed by atoms with Crippen molar-refractivity contribution in [2.24, 2.45) is 0 Å². The number of nitrogens with one attached hydrogen (secondary N) is 2. The van der Waals surface area contributed by atoms with Crippen LogP contribution < -0.4 is 10.6 Å². The Morgan fingerprint density at radius 2 is 2.00 bits per heavy atom. The average Bonchev–Trinajstić information content (AvgIpc) is 2.36. The number of halogens is 4. The summed E-state index contributed by atoms with van der Waals surface area (Å²) in [5.41, 5.74) is 0.110. The van der Waals surface area contributed by atoms with Gasteiger partial charge in [0.05, 0.1) is 31.5 Å². The Hall–Kier alpha value is -1.80. The molecule has 5 nitrogen and oxygen atoms in total. The Labute approximate surface area is 123 Å². The van der Waals surface area contributed by atoms with E-state index in [4.69, 9.17) is 11.6 Å². The first-order valence-electron chi connectivity index (χ1n) is 5.68. The van der Waals surface area contributed by atoms with E-state index < -0.39 is 31.1 Å². The molecule has 0 aliphatic carbocycles. The van der Waals surface area contributed by atoms with E-state index in [-0.39, 0.29) is 16.3 Å². The van der Waals surface area contributed by atoms with Crippen LogP contribution in [0.25, 0.3) is 0 Å². The van der Waals surface area contributed by atoms with Crippen LogP contribution in [-0.2, 0) is 9.53 Å². The molecule has 1 rings (SSSR count). The fourth-order valence-corrected chi connectivity index (χ4v) is 1.59. The van der Waals surface area contributed by atoms with Crippen molar-refractivity contribution in [1.82, 2.24) is 5.32 Å². The number of esters is 1. The normalized spacial score (nSPS) is 11.1. The van der Waals surface area contributed by atoms with Gasteiger partial charge in [0.15, 0.2) is 0 Å². The highest BCUT2D eigenvalue weighted by molar-refractivity contribution is 6.31. The molecule has 0 unspecified atom stereocenters. The van der Waals surface area contributed by atoms with E-state index in [9.17, 15) is 22.8 Å². The number of amides is 1. The summed E-state index contributed by atoms with van der Waals surface area (Å²) in [4.78, 5) is 23.0. The van der Waals surface area contributed by atoms with Gasteiger partial charge in [-0.15, -0.1) is 0 Å². The van der Waals surface area contributed by atoms with Gasteiger partial charge in [0.1, 0.15) is 0 Å². The molecular formula is C12H12ClF3N2O3. The van der Waals surface area contributed by atoms with Crippen LogP contribution in [0.5, 0.6) is 0 Å². The number of carbonyl (C=O) groups is 2. The van der Waals surface area contributed by atoms with Gasteiger partial charge in [-0.2, -0.15) is 13.2 Å². The van der Waals surface area contributed by atoms with E-state index in [2.05, 4.69) is 10.1 Å². The molecular weight excluding hydrogens is 313 g/mol. The summed E-state index contributed by atoms with van der Waals surface area (Å²) in [6.45, 7) is -1.85. The van der Waals surface area contributed by atoms with Crippen LogP contribution in [0.15, 0.2) is 18.2 Å². The third-order valence-corrected chi connectivity index (χ3v) is 2.51. The van der Waals surface area contributed by atoms with Crippen LogP contribution in [0.4, 0.5) is 18.9 Å². The lowest BCUT2D eigenvalue weighted by Crippen LogP contribution is -2.35. The number of ether oxygens (including phenoxy) is 1. The second kappa shape index (κ2) is 7.28. The molecule has 0 radical (unpaired) electrons. The minimum Gasteiger partial charge on any atom is -0.465 e. The highest BCUT2D eigenvalue weighted by Crippen LogP contribution is 2.21. The maximum Gasteiger partial charge on any atom is 0.401 e. The van der Waals surface area contributed by atoms with E-state index in [0.29, 0.717) is 0 Å². The van der Waals surface area contributed by atoms with E-state index in [1.807, 2.05) is 5.32 Å². The first kappa shape index (κ1) is 17.3. The molecule has 116 valence electrons. The highest BCUT2D eigenvalue weighted by Gasteiger charge is 2.26. The van der Waals surface area contributed by atoms with Gasteiger partial charge in [-0.05, 0) is 18.2 Å². The van der Waals surface area contributed by atoms with Crippen molar-refractivity contribution in [2.75, 3.05) is 25.5 Å². The second-order valence-corrected chi connectivity index (χ2v) is 4.38. The van der Waals surface area contributed by atoms with E-state index in [0.717, 1.165) is 7.11 Å². The smallest absolute Gasteiger partial charge is 0.401 e. The molecule has 0 saturated heterocycles. The highest BCUT2D eigenvalue weighted by atomic mass is 35.5. The van der Waals surface area contributed by atoms with E-state index in [1.165, 1.54) is 18.2 Å². The Balaban J connectivity index is 2.71. The van der Waals surface area contributed by atoms with Gasteiger partial charge < -0.3 is 15.4 Å². The van der Waals surface area contributed by atoms with Gasteiger partial charge in [0, 0.05) is 5.02 Å². The Bertz CT molecular complexity index is 535. The van der Waals surface area contributed by atoms with Crippen LogP contribution in [0.1, 0.15) is 10.4 Å². The summed E-state index contributed by atoms with van der Waals surface area (Å²) in [6, 6.07) is 4.06. The van der Waals surface area contributed by atoms with Crippen molar-refractivity contribution in [2.45, 2.75) is 6.18 Å². The minimum absolute atomic E-state index is 0.0473. The summed E-state index contributed by atoms with van der Waals surface area (Å²) < 4.78 is 40.3. The molecule has 2 N–H and O–H groups in total. The molecule has 0 heterocycles. The van der Waals surface area contributed by atoms with Crippen molar-refractivity contribution in [3.8, 4) is 0 Å². The number of carbonyl (C=O) groups excluding carboxylic acids is 2. The third-order valence-electron chi connectivity index (χ3n) is 2.27. The van der Waals surface area contributed by atoms with E-state index >= 15 is 0 Å². The van der Waals surface area contributed by atoms with Gasteiger partial charge in [-0.25, -0.2) is 4.79 Å². The number of alkyl halides is 3. The number of benzene rings is 1. The number of hydrogen-bond acceptors (Lipinski definition) is 4. The molecule has 21 heavy (non-hydrogen) atoms. The maximum atomic E-state index is 11.9. The molecule has 0 spiro atoms. The van der Waals surface area contributed by atoms with Gasteiger partial charge in [-0.1, -0.05) is 11.6 Å². The van der Waals surface area contributed by atoms with Crippen LogP contribution in [0.3, 0.4) is 0 Å². The predicted octanol–water partition coefficient (Wildman–Crippen LogP) is 2.22. The molecule has 0 bridgehead atoms. The van der Waals surface area contributed by atoms with Crippen molar-refractivity contribution < 1.29 is 27.5 Å². The first-order chi connectivity index (χ1) is 9.73. The number of hydrogen-bond donors (Lipinski definition) is 2. The molecule has 0 aliphatic rings. The topological polar surface area (TPSA) is 67.4 Å². The van der Waals surface area contributed by atoms with Crippen LogP contribution >= 0.6 is 11.6 Å². The SMILES string of the molecule is COC(=O)c1ccc(Cl)cc1NC(=O)CNCC(F)(F)F. The Morgan fingerprint density at radius 3 is 2.57 bits per heavy atom. The second-order valence-electron chi connectivity index (χ2n) is 3.95. The molecule has 1 aromatic carbocycles. The zero-order valence-electron chi connectivity index (χ0n) is 10.9. The lowest BCUT2D eigenvalue weighted by Gasteiger charge is -2.11. The summed E-state index contributed by atoms with van der Waals surface area (Å²) in [5.74, 6) is -1.45. The summed E-state index contributed by atoms with van der Waals surface area (Å²) in [7, 11) is 1.16. The lowest BCUT2D eigenvalue weighted by molar-refractivity contribution is -0.126. The first-order valence-corrected chi connectivity index (χ1v) is 6.06. The van der Waals surface area contributed by atoms with Gasteiger partial charge in [0.2, 0.25) is 5.91 Å². The maximum absolute atomic E-state index is 11.9. The average molecular weight is 325 g/mol. The summed E-state index contributed by atoms with van der Waals surface area (Å²) >= 11 is 5.74. The summed E-state index contributed by atoms with van der Waals surface area (Å²) in [5, 5.41) is 4.49. The zero-order chi connectivity index (χ0) is 16.0. The monoisotopic (exact) mass is 324 g/mol. The molecule has 0 aliphatic heterocycles. The van der Waals surface area contributed by atoms with Crippen molar-refractivity contribution >= 4 is 29.2 Å².